The van der Waals surface area contributed by atoms with Crippen LogP contribution in [0.15, 0.2) is 23.2 Å². The van der Waals surface area contributed by atoms with E-state index < -0.39 is 0 Å². The molecule has 1 heterocycles. The first-order valence-corrected chi connectivity index (χ1v) is 7.93. The van der Waals surface area contributed by atoms with E-state index in [9.17, 15) is 0 Å². The molecule has 5 heteroatoms. The Morgan fingerprint density at radius 1 is 1.18 bits per heavy atom. The monoisotopic (exact) mass is 305 g/mol. The zero-order valence-electron chi connectivity index (χ0n) is 14.0. The van der Waals surface area contributed by atoms with Gasteiger partial charge in [0.05, 0.1) is 19.8 Å². The summed E-state index contributed by atoms with van der Waals surface area (Å²) in [7, 11) is 0. The Morgan fingerprint density at radius 3 is 2.59 bits per heavy atom. The van der Waals surface area contributed by atoms with Gasteiger partial charge in [0.2, 0.25) is 0 Å². The molecule has 2 N–H and O–H groups in total. The van der Waals surface area contributed by atoms with Crippen LogP contribution in [-0.4, -0.2) is 31.3 Å². The van der Waals surface area contributed by atoms with Crippen molar-refractivity contribution >= 4 is 5.96 Å². The average Bonchev–Trinajstić information content (AvgIpc) is 2.68. The van der Waals surface area contributed by atoms with E-state index >= 15 is 0 Å². The van der Waals surface area contributed by atoms with Crippen molar-refractivity contribution in [2.75, 3.05) is 19.8 Å². The summed E-state index contributed by atoms with van der Waals surface area (Å²) in [4.78, 5) is 4.64. The lowest BCUT2D eigenvalue weighted by Crippen LogP contribution is -2.47. The molecule has 5 nitrogen and oxygen atoms in total. The van der Waals surface area contributed by atoms with Crippen molar-refractivity contribution in [3.8, 4) is 11.5 Å². The maximum Gasteiger partial charge on any atom is 0.191 e. The second-order valence-electron chi connectivity index (χ2n) is 6.40. The molecule has 0 saturated carbocycles. The Hall–Kier alpha value is -1.91. The third kappa shape index (κ3) is 5.13. The molecule has 0 spiro atoms. The minimum absolute atomic E-state index is 0.0221. The Morgan fingerprint density at radius 2 is 1.91 bits per heavy atom. The lowest BCUT2D eigenvalue weighted by Gasteiger charge is -2.23. The number of guanidine groups is 1. The lowest BCUT2D eigenvalue weighted by atomic mass is 10.1. The Kier molecular flexibility index (Phi) is 5.52. The van der Waals surface area contributed by atoms with E-state index in [1.54, 1.807) is 0 Å². The van der Waals surface area contributed by atoms with Crippen molar-refractivity contribution < 1.29 is 9.47 Å². The van der Waals surface area contributed by atoms with Gasteiger partial charge in [-0.1, -0.05) is 6.07 Å². The summed E-state index contributed by atoms with van der Waals surface area (Å²) in [5.74, 6) is 2.46. The molecule has 0 unspecified atom stereocenters. The van der Waals surface area contributed by atoms with Crippen molar-refractivity contribution in [1.82, 2.24) is 10.6 Å². The van der Waals surface area contributed by atoms with Gasteiger partial charge in [0.25, 0.3) is 0 Å². The first kappa shape index (κ1) is 16.5. The third-order valence-electron chi connectivity index (χ3n) is 3.07. The molecule has 1 aliphatic rings. The summed E-state index contributed by atoms with van der Waals surface area (Å²) >= 11 is 0. The van der Waals surface area contributed by atoms with Crippen LogP contribution in [0.3, 0.4) is 0 Å². The summed E-state index contributed by atoms with van der Waals surface area (Å²) < 4.78 is 11.4. The fourth-order valence-electron chi connectivity index (χ4n) is 2.14. The van der Waals surface area contributed by atoms with Gasteiger partial charge >= 0.3 is 0 Å². The van der Waals surface area contributed by atoms with E-state index in [0.29, 0.717) is 19.8 Å². The molecule has 0 radical (unpaired) electrons. The van der Waals surface area contributed by atoms with E-state index in [1.165, 1.54) is 0 Å². The molecule has 0 fully saturated rings. The molecule has 1 aliphatic heterocycles. The first-order valence-electron chi connectivity index (χ1n) is 7.93. The summed E-state index contributed by atoms with van der Waals surface area (Å²) in [5.41, 5.74) is 1.08. The Bertz CT molecular complexity index is 521. The van der Waals surface area contributed by atoms with Crippen molar-refractivity contribution in [2.24, 2.45) is 4.99 Å². The lowest BCUT2D eigenvalue weighted by molar-refractivity contribution is 0.297. The molecule has 0 aliphatic carbocycles. The van der Waals surface area contributed by atoms with Crippen LogP contribution < -0.4 is 20.1 Å². The van der Waals surface area contributed by atoms with Crippen LogP contribution in [0.5, 0.6) is 11.5 Å². The average molecular weight is 305 g/mol. The van der Waals surface area contributed by atoms with Crippen molar-refractivity contribution in [2.45, 2.75) is 46.2 Å². The molecule has 2 rings (SSSR count). The molecule has 0 amide bonds. The molecular formula is C17H27N3O2. The van der Waals surface area contributed by atoms with E-state index in [4.69, 9.17) is 9.47 Å². The fourth-order valence-corrected chi connectivity index (χ4v) is 2.14. The van der Waals surface area contributed by atoms with Gasteiger partial charge in [0.15, 0.2) is 17.5 Å². The van der Waals surface area contributed by atoms with Crippen LogP contribution in [0.25, 0.3) is 0 Å². The summed E-state index contributed by atoms with van der Waals surface area (Å²) in [6, 6.07) is 6.03. The molecule has 1 aromatic carbocycles. The van der Waals surface area contributed by atoms with Gasteiger partial charge in [-0.2, -0.15) is 0 Å². The largest absolute Gasteiger partial charge is 0.490 e. The number of rotatable bonds is 3. The number of nitrogens with zero attached hydrogens (tertiary/aromatic N) is 1. The highest BCUT2D eigenvalue weighted by atomic mass is 16.5. The van der Waals surface area contributed by atoms with E-state index in [-0.39, 0.29) is 5.54 Å². The highest BCUT2D eigenvalue weighted by Crippen LogP contribution is 2.30. The van der Waals surface area contributed by atoms with Gasteiger partial charge in [-0.15, -0.1) is 0 Å². The van der Waals surface area contributed by atoms with Gasteiger partial charge in [0, 0.05) is 18.5 Å². The number of nitrogens with one attached hydrogen (secondary N) is 2. The van der Waals surface area contributed by atoms with Gasteiger partial charge in [0.1, 0.15) is 0 Å². The smallest absolute Gasteiger partial charge is 0.191 e. The highest BCUT2D eigenvalue weighted by Gasteiger charge is 2.13. The van der Waals surface area contributed by atoms with Gasteiger partial charge < -0.3 is 20.1 Å². The van der Waals surface area contributed by atoms with Gasteiger partial charge in [-0.05, 0) is 45.4 Å². The van der Waals surface area contributed by atoms with Crippen molar-refractivity contribution in [3.05, 3.63) is 23.8 Å². The summed E-state index contributed by atoms with van der Waals surface area (Å²) in [5, 5.41) is 6.65. The van der Waals surface area contributed by atoms with Gasteiger partial charge in [-0.25, -0.2) is 4.99 Å². The molecule has 1 aromatic rings. The molecule has 0 aromatic heterocycles. The minimum atomic E-state index is -0.0221. The highest BCUT2D eigenvalue weighted by molar-refractivity contribution is 5.80. The van der Waals surface area contributed by atoms with E-state index in [1.807, 2.05) is 18.2 Å². The molecule has 122 valence electrons. The van der Waals surface area contributed by atoms with E-state index in [0.717, 1.165) is 36.0 Å². The van der Waals surface area contributed by atoms with Crippen molar-refractivity contribution in [1.29, 1.82) is 0 Å². The SMILES string of the molecule is CCNC(=NCc1ccc2c(c1)OCCCO2)NC(C)(C)C. The van der Waals surface area contributed by atoms with Crippen LogP contribution in [0.2, 0.25) is 0 Å². The number of hydrogen-bond donors (Lipinski definition) is 2. The number of hydrogen-bond acceptors (Lipinski definition) is 3. The number of ether oxygens (including phenoxy) is 2. The van der Waals surface area contributed by atoms with Gasteiger partial charge in [-0.3, -0.25) is 0 Å². The van der Waals surface area contributed by atoms with Crippen LogP contribution in [0.1, 0.15) is 39.7 Å². The number of fused-ring (bicyclic) bond motifs is 1. The zero-order valence-corrected chi connectivity index (χ0v) is 14.0. The van der Waals surface area contributed by atoms with Crippen LogP contribution in [0.4, 0.5) is 0 Å². The van der Waals surface area contributed by atoms with Crippen LogP contribution in [0, 0.1) is 0 Å². The number of benzene rings is 1. The predicted octanol–water partition coefficient (Wildman–Crippen LogP) is 2.70. The standard InChI is InChI=1S/C17H27N3O2/c1-5-18-16(20-17(2,3)4)19-12-13-7-8-14-15(11-13)22-10-6-9-21-14/h7-8,11H,5-6,9-10,12H2,1-4H3,(H2,18,19,20). The third-order valence-corrected chi connectivity index (χ3v) is 3.07. The topological polar surface area (TPSA) is 54.9 Å². The second kappa shape index (κ2) is 7.38. The molecule has 0 saturated heterocycles. The Balaban J connectivity index is 2.08. The van der Waals surface area contributed by atoms with Crippen LogP contribution in [-0.2, 0) is 6.54 Å². The van der Waals surface area contributed by atoms with E-state index in [2.05, 4.69) is 43.3 Å². The molecular weight excluding hydrogens is 278 g/mol. The molecule has 0 bridgehead atoms. The zero-order chi connectivity index (χ0) is 16.0. The quantitative estimate of drug-likeness (QED) is 0.666. The maximum atomic E-state index is 5.72. The second-order valence-corrected chi connectivity index (χ2v) is 6.40. The normalized spacial score (nSPS) is 15.2. The maximum absolute atomic E-state index is 5.72. The fraction of sp³-hybridized carbons (Fsp3) is 0.588. The van der Waals surface area contributed by atoms with Crippen LogP contribution >= 0.6 is 0 Å². The minimum Gasteiger partial charge on any atom is -0.490 e. The summed E-state index contributed by atoms with van der Waals surface area (Å²) in [6.07, 6.45) is 0.919. The van der Waals surface area contributed by atoms with Crippen molar-refractivity contribution in [3.63, 3.8) is 0 Å². The predicted molar refractivity (Wildman–Crippen MR) is 89.8 cm³/mol. The molecule has 22 heavy (non-hydrogen) atoms. The summed E-state index contributed by atoms with van der Waals surface area (Å²) in [6.45, 7) is 11.3. The number of aliphatic imine (C=N–C) groups is 1. The Labute approximate surface area is 133 Å². The molecule has 0 atom stereocenters. The first-order chi connectivity index (χ1) is 10.5.